The first kappa shape index (κ1) is 29.0. The van der Waals surface area contributed by atoms with Crippen LogP contribution >= 0.6 is 23.2 Å². The van der Waals surface area contributed by atoms with Gasteiger partial charge in [-0.05, 0) is 86.7 Å². The van der Waals surface area contributed by atoms with Crippen LogP contribution in [0.25, 0.3) is 0 Å². The molecule has 0 amide bonds. The minimum Gasteiger partial charge on any atom is -0.505 e. The minimum absolute atomic E-state index is 0.0273. The number of halogens is 3. The lowest BCUT2D eigenvalue weighted by Gasteiger charge is -2.26. The number of phenolic OH excluding ortho intramolecular Hbond substituents is 1. The van der Waals surface area contributed by atoms with Gasteiger partial charge in [0, 0.05) is 18.1 Å². The van der Waals surface area contributed by atoms with Crippen molar-refractivity contribution in [2.75, 3.05) is 6.54 Å². The van der Waals surface area contributed by atoms with Crippen LogP contribution in [0.2, 0.25) is 10.0 Å². The summed E-state index contributed by atoms with van der Waals surface area (Å²) < 4.78 is 47.9. The van der Waals surface area contributed by atoms with Crippen LogP contribution in [-0.2, 0) is 16.6 Å². The molecule has 0 radical (unpaired) electrons. The molecule has 3 aromatic carbocycles. The molecule has 0 aromatic heterocycles. The molecule has 9 heteroatoms. The zero-order valence-corrected chi connectivity index (χ0v) is 23.2. The van der Waals surface area contributed by atoms with Crippen LogP contribution < -0.4 is 4.74 Å². The van der Waals surface area contributed by atoms with E-state index >= 15 is 0 Å². The Morgan fingerprint density at radius 2 is 1.78 bits per heavy atom. The predicted molar refractivity (Wildman–Crippen MR) is 146 cm³/mol. The molecule has 1 atom stereocenters. The molecule has 3 rings (SSSR count). The second-order valence-electron chi connectivity index (χ2n) is 9.20. The van der Waals surface area contributed by atoms with Gasteiger partial charge in [0.15, 0.2) is 5.75 Å². The highest BCUT2D eigenvalue weighted by Gasteiger charge is 2.30. The van der Waals surface area contributed by atoms with Crippen molar-refractivity contribution in [3.63, 3.8) is 0 Å². The Morgan fingerprint density at radius 3 is 2.46 bits per heavy atom. The van der Waals surface area contributed by atoms with E-state index in [-0.39, 0.29) is 39.8 Å². The van der Waals surface area contributed by atoms with Crippen molar-refractivity contribution in [3.8, 4) is 17.2 Å². The number of allylic oxidation sites excluding steroid dienone is 2. The van der Waals surface area contributed by atoms with Gasteiger partial charge in [0.05, 0.1) is 5.02 Å². The molecule has 0 spiro atoms. The molecule has 0 aliphatic heterocycles. The van der Waals surface area contributed by atoms with Gasteiger partial charge in [-0.3, -0.25) is 0 Å². The third kappa shape index (κ3) is 8.20. The molecule has 0 saturated heterocycles. The van der Waals surface area contributed by atoms with Crippen LogP contribution in [0.15, 0.2) is 77.2 Å². The molecule has 3 aromatic rings. The summed E-state index contributed by atoms with van der Waals surface area (Å²) in [5, 5.41) is 10.4. The van der Waals surface area contributed by atoms with Crippen LogP contribution in [0.5, 0.6) is 17.2 Å². The quantitative estimate of drug-likeness (QED) is 0.238. The van der Waals surface area contributed by atoms with Crippen LogP contribution in [0.4, 0.5) is 4.39 Å². The summed E-state index contributed by atoms with van der Waals surface area (Å²) in [6.45, 7) is 6.27. The Labute approximate surface area is 228 Å². The lowest BCUT2D eigenvalue weighted by Crippen LogP contribution is -2.34. The molecule has 0 aliphatic carbocycles. The second kappa shape index (κ2) is 12.8. The van der Waals surface area contributed by atoms with Gasteiger partial charge in [0.1, 0.15) is 22.2 Å². The van der Waals surface area contributed by atoms with E-state index in [4.69, 9.17) is 27.9 Å². The SMILES string of the molecule is CC(C)=CCCC(C)CN(Cc1cccc(Oc2ccc(F)cc2)c1)S(=O)(=O)c1cc(Cl)cc(Cl)c1O. The van der Waals surface area contributed by atoms with Crippen molar-refractivity contribution in [1.29, 1.82) is 0 Å². The summed E-state index contributed by atoms with van der Waals surface area (Å²) in [5.41, 5.74) is 1.88. The molecule has 198 valence electrons. The smallest absolute Gasteiger partial charge is 0.247 e. The minimum atomic E-state index is -4.17. The van der Waals surface area contributed by atoms with Crippen LogP contribution in [-0.4, -0.2) is 24.4 Å². The molecule has 0 heterocycles. The average molecular weight is 567 g/mol. The first-order valence-corrected chi connectivity index (χ1v) is 14.0. The normalized spacial score (nSPS) is 12.4. The van der Waals surface area contributed by atoms with E-state index in [0.717, 1.165) is 12.8 Å². The third-order valence-corrected chi connectivity index (χ3v) is 7.98. The first-order valence-electron chi connectivity index (χ1n) is 11.8. The topological polar surface area (TPSA) is 66.8 Å². The summed E-state index contributed by atoms with van der Waals surface area (Å²) in [5.74, 6) is 0.0497. The number of nitrogens with zero attached hydrogens (tertiary/aromatic N) is 1. The Hall–Kier alpha value is -2.58. The van der Waals surface area contributed by atoms with E-state index in [9.17, 15) is 17.9 Å². The van der Waals surface area contributed by atoms with Gasteiger partial charge in [0.2, 0.25) is 10.0 Å². The van der Waals surface area contributed by atoms with E-state index in [1.54, 1.807) is 24.3 Å². The van der Waals surface area contributed by atoms with Crippen molar-refractivity contribution in [2.45, 2.75) is 45.1 Å². The monoisotopic (exact) mass is 565 g/mol. The number of sulfonamides is 1. The van der Waals surface area contributed by atoms with Gasteiger partial charge in [-0.15, -0.1) is 0 Å². The molecule has 37 heavy (non-hydrogen) atoms. The largest absolute Gasteiger partial charge is 0.505 e. The molecule has 0 fully saturated rings. The van der Waals surface area contributed by atoms with Gasteiger partial charge in [-0.1, -0.05) is 53.9 Å². The fourth-order valence-corrected chi connectivity index (χ4v) is 6.06. The number of benzene rings is 3. The number of hydrogen-bond acceptors (Lipinski definition) is 4. The lowest BCUT2D eigenvalue weighted by molar-refractivity contribution is 0.337. The number of hydrogen-bond donors (Lipinski definition) is 1. The Balaban J connectivity index is 1.92. The molecule has 0 bridgehead atoms. The molecule has 1 N–H and O–H groups in total. The van der Waals surface area contributed by atoms with Crippen molar-refractivity contribution >= 4 is 33.2 Å². The number of ether oxygens (including phenoxy) is 1. The standard InChI is InChI=1S/C28H30Cl2FNO4S/c1-19(2)6-4-7-20(3)17-32(37(34,35)27-16-22(29)15-26(30)28(27)33)18-21-8-5-9-25(14-21)36-24-12-10-23(31)11-13-24/h5-6,8-16,20,33H,4,7,17-18H2,1-3H3. The molecular weight excluding hydrogens is 536 g/mol. The average Bonchev–Trinajstić information content (AvgIpc) is 2.82. The molecule has 1 unspecified atom stereocenters. The van der Waals surface area contributed by atoms with E-state index in [1.165, 1.54) is 46.3 Å². The Bertz CT molecular complexity index is 1360. The number of rotatable bonds is 11. The van der Waals surface area contributed by atoms with Gasteiger partial charge >= 0.3 is 0 Å². The third-order valence-electron chi connectivity index (χ3n) is 5.65. The van der Waals surface area contributed by atoms with Gasteiger partial charge < -0.3 is 9.84 Å². The fraction of sp³-hybridized carbons (Fsp3) is 0.286. The Kier molecular flexibility index (Phi) is 10.0. The van der Waals surface area contributed by atoms with Crippen LogP contribution in [0, 0.1) is 11.7 Å². The summed E-state index contributed by atoms with van der Waals surface area (Å²) >= 11 is 12.1. The van der Waals surface area contributed by atoms with E-state index in [0.29, 0.717) is 17.1 Å². The highest BCUT2D eigenvalue weighted by atomic mass is 35.5. The molecular formula is C28H30Cl2FNO4S. The molecule has 0 aliphatic rings. The maximum Gasteiger partial charge on any atom is 0.247 e. The van der Waals surface area contributed by atoms with Crippen molar-refractivity contribution in [3.05, 3.63) is 93.7 Å². The lowest BCUT2D eigenvalue weighted by atomic mass is 10.0. The van der Waals surface area contributed by atoms with Crippen LogP contribution in [0.3, 0.4) is 0 Å². The summed E-state index contributed by atoms with van der Waals surface area (Å²) in [4.78, 5) is -0.347. The van der Waals surface area contributed by atoms with Gasteiger partial charge in [-0.2, -0.15) is 4.31 Å². The van der Waals surface area contributed by atoms with E-state index in [2.05, 4.69) is 6.08 Å². The zero-order valence-electron chi connectivity index (χ0n) is 20.9. The second-order valence-corrected chi connectivity index (χ2v) is 11.9. The fourth-order valence-electron chi connectivity index (χ4n) is 3.77. The van der Waals surface area contributed by atoms with E-state index in [1.807, 2.05) is 20.8 Å². The number of aromatic hydroxyl groups is 1. The van der Waals surface area contributed by atoms with Gasteiger partial charge in [0.25, 0.3) is 0 Å². The Morgan fingerprint density at radius 1 is 1.08 bits per heavy atom. The van der Waals surface area contributed by atoms with E-state index < -0.39 is 15.8 Å². The summed E-state index contributed by atoms with van der Waals surface area (Å²) in [7, 11) is -4.17. The van der Waals surface area contributed by atoms with Crippen LogP contribution in [0.1, 0.15) is 39.2 Å². The maximum atomic E-state index is 13.8. The number of phenols is 1. The van der Waals surface area contributed by atoms with Crippen molar-refractivity contribution in [1.82, 2.24) is 4.31 Å². The summed E-state index contributed by atoms with van der Waals surface area (Å²) in [6, 6.07) is 15.1. The summed E-state index contributed by atoms with van der Waals surface area (Å²) in [6.07, 6.45) is 3.73. The van der Waals surface area contributed by atoms with Crippen molar-refractivity contribution in [2.24, 2.45) is 5.92 Å². The van der Waals surface area contributed by atoms with Gasteiger partial charge in [-0.25, -0.2) is 12.8 Å². The first-order chi connectivity index (χ1) is 17.5. The maximum absolute atomic E-state index is 13.8. The highest BCUT2D eigenvalue weighted by Crippen LogP contribution is 2.36. The highest BCUT2D eigenvalue weighted by molar-refractivity contribution is 7.89. The zero-order chi connectivity index (χ0) is 27.2. The predicted octanol–water partition coefficient (Wildman–Crippen LogP) is 8.20. The molecule has 5 nitrogen and oxygen atoms in total. The molecule has 0 saturated carbocycles. The van der Waals surface area contributed by atoms with Crippen molar-refractivity contribution < 1.29 is 22.7 Å².